The monoisotopic (exact) mass is 289 g/mol. The number of benzene rings is 1. The number of hydrogen-bond acceptors (Lipinski definition) is 3. The minimum atomic E-state index is 0.115. The zero-order chi connectivity index (χ0) is 14.4. The Morgan fingerprint density at radius 3 is 2.60 bits per heavy atom. The van der Waals surface area contributed by atoms with Crippen molar-refractivity contribution in [3.63, 3.8) is 0 Å². The van der Waals surface area contributed by atoms with Crippen LogP contribution in [-0.2, 0) is 13.0 Å². The van der Waals surface area contributed by atoms with Gasteiger partial charge < -0.3 is 10.1 Å². The SMILES string of the molecule is CC(C)(C)NCc1ccccc1OCCc1cccs1. The highest BCUT2D eigenvalue weighted by Crippen LogP contribution is 2.19. The Bertz CT molecular complexity index is 514. The van der Waals surface area contributed by atoms with Gasteiger partial charge in [-0.15, -0.1) is 11.3 Å². The van der Waals surface area contributed by atoms with E-state index in [1.54, 1.807) is 11.3 Å². The van der Waals surface area contributed by atoms with Crippen LogP contribution in [0.3, 0.4) is 0 Å². The van der Waals surface area contributed by atoms with E-state index in [1.165, 1.54) is 10.4 Å². The molecule has 0 saturated carbocycles. The molecule has 0 amide bonds. The molecule has 1 N–H and O–H groups in total. The fourth-order valence-corrected chi connectivity index (χ4v) is 2.56. The summed E-state index contributed by atoms with van der Waals surface area (Å²) in [6.07, 6.45) is 0.971. The van der Waals surface area contributed by atoms with E-state index >= 15 is 0 Å². The normalized spacial score (nSPS) is 11.6. The molecule has 0 aliphatic heterocycles. The molecule has 20 heavy (non-hydrogen) atoms. The summed E-state index contributed by atoms with van der Waals surface area (Å²) in [7, 11) is 0. The maximum Gasteiger partial charge on any atom is 0.123 e. The lowest BCUT2D eigenvalue weighted by molar-refractivity contribution is 0.316. The van der Waals surface area contributed by atoms with E-state index < -0.39 is 0 Å². The highest BCUT2D eigenvalue weighted by Gasteiger charge is 2.10. The van der Waals surface area contributed by atoms with Gasteiger partial charge in [-0.1, -0.05) is 24.3 Å². The third kappa shape index (κ3) is 4.99. The molecule has 0 radical (unpaired) electrons. The number of thiophene rings is 1. The maximum absolute atomic E-state index is 5.94. The fraction of sp³-hybridized carbons (Fsp3) is 0.412. The lowest BCUT2D eigenvalue weighted by atomic mass is 10.1. The van der Waals surface area contributed by atoms with Gasteiger partial charge in [0.1, 0.15) is 5.75 Å². The minimum Gasteiger partial charge on any atom is -0.493 e. The molecule has 1 aromatic carbocycles. The largest absolute Gasteiger partial charge is 0.493 e. The summed E-state index contributed by atoms with van der Waals surface area (Å²) in [4.78, 5) is 1.37. The highest BCUT2D eigenvalue weighted by molar-refractivity contribution is 7.09. The van der Waals surface area contributed by atoms with E-state index in [4.69, 9.17) is 4.74 Å². The van der Waals surface area contributed by atoms with Crippen molar-refractivity contribution in [1.29, 1.82) is 0 Å². The Morgan fingerprint density at radius 1 is 1.10 bits per heavy atom. The van der Waals surface area contributed by atoms with Crippen LogP contribution in [-0.4, -0.2) is 12.1 Å². The van der Waals surface area contributed by atoms with Crippen LogP contribution in [0.15, 0.2) is 41.8 Å². The Morgan fingerprint density at radius 2 is 1.90 bits per heavy atom. The van der Waals surface area contributed by atoms with Crippen molar-refractivity contribution in [2.75, 3.05) is 6.61 Å². The van der Waals surface area contributed by atoms with E-state index in [-0.39, 0.29) is 5.54 Å². The smallest absolute Gasteiger partial charge is 0.123 e. The second-order valence-corrected chi connectivity index (χ2v) is 6.92. The molecular formula is C17H23NOS. The number of hydrogen-bond donors (Lipinski definition) is 1. The van der Waals surface area contributed by atoms with Gasteiger partial charge in [-0.25, -0.2) is 0 Å². The molecule has 3 heteroatoms. The predicted molar refractivity (Wildman–Crippen MR) is 86.6 cm³/mol. The van der Waals surface area contributed by atoms with Crippen molar-refractivity contribution in [3.8, 4) is 5.75 Å². The lowest BCUT2D eigenvalue weighted by Gasteiger charge is -2.21. The summed E-state index contributed by atoms with van der Waals surface area (Å²) in [5.41, 5.74) is 1.33. The summed E-state index contributed by atoms with van der Waals surface area (Å²) < 4.78 is 5.94. The first-order chi connectivity index (χ1) is 9.54. The third-order valence-electron chi connectivity index (χ3n) is 2.97. The number of ether oxygens (including phenoxy) is 1. The average molecular weight is 289 g/mol. The first kappa shape index (κ1) is 15.1. The number of nitrogens with one attached hydrogen (secondary N) is 1. The molecule has 2 aromatic rings. The second-order valence-electron chi connectivity index (χ2n) is 5.89. The van der Waals surface area contributed by atoms with Crippen molar-refractivity contribution in [1.82, 2.24) is 5.32 Å². The molecule has 0 atom stereocenters. The molecule has 2 nitrogen and oxygen atoms in total. The van der Waals surface area contributed by atoms with Gasteiger partial charge in [0.2, 0.25) is 0 Å². The zero-order valence-electron chi connectivity index (χ0n) is 12.5. The summed E-state index contributed by atoms with van der Waals surface area (Å²) in [6, 6.07) is 12.5. The van der Waals surface area contributed by atoms with E-state index in [1.807, 2.05) is 12.1 Å². The van der Waals surface area contributed by atoms with Gasteiger partial charge in [0.25, 0.3) is 0 Å². The Kier molecular flexibility index (Phi) is 5.21. The molecule has 0 bridgehead atoms. The van der Waals surface area contributed by atoms with E-state index in [2.05, 4.69) is 55.7 Å². The molecule has 0 aliphatic rings. The van der Waals surface area contributed by atoms with E-state index in [0.29, 0.717) is 0 Å². The first-order valence-electron chi connectivity index (χ1n) is 7.03. The average Bonchev–Trinajstić information content (AvgIpc) is 2.90. The van der Waals surface area contributed by atoms with Crippen molar-refractivity contribution in [2.24, 2.45) is 0 Å². The molecule has 1 aromatic heterocycles. The third-order valence-corrected chi connectivity index (χ3v) is 3.90. The van der Waals surface area contributed by atoms with Gasteiger partial charge in [-0.2, -0.15) is 0 Å². The van der Waals surface area contributed by atoms with Crippen LogP contribution in [0.5, 0.6) is 5.75 Å². The zero-order valence-corrected chi connectivity index (χ0v) is 13.3. The molecule has 0 saturated heterocycles. The van der Waals surface area contributed by atoms with Crippen molar-refractivity contribution >= 4 is 11.3 Å². The van der Waals surface area contributed by atoms with E-state index in [9.17, 15) is 0 Å². The summed E-state index contributed by atoms with van der Waals surface area (Å²) in [5, 5.41) is 5.61. The van der Waals surface area contributed by atoms with Crippen LogP contribution in [0.2, 0.25) is 0 Å². The van der Waals surface area contributed by atoms with E-state index in [0.717, 1.165) is 25.3 Å². The standard InChI is InChI=1S/C17H23NOS/c1-17(2,3)18-13-14-7-4-5-9-16(14)19-11-10-15-8-6-12-20-15/h4-9,12,18H,10-11,13H2,1-3H3. The molecule has 108 valence electrons. The second kappa shape index (κ2) is 6.91. The van der Waals surface area contributed by atoms with Gasteiger partial charge >= 0.3 is 0 Å². The van der Waals surface area contributed by atoms with Gasteiger partial charge in [0.15, 0.2) is 0 Å². The van der Waals surface area contributed by atoms with Crippen LogP contribution in [0.1, 0.15) is 31.2 Å². The Hall–Kier alpha value is -1.32. The van der Waals surface area contributed by atoms with Crippen molar-refractivity contribution < 1.29 is 4.74 Å². The van der Waals surface area contributed by atoms with Crippen LogP contribution >= 0.6 is 11.3 Å². The summed E-state index contributed by atoms with van der Waals surface area (Å²) in [6.45, 7) is 8.08. The summed E-state index contributed by atoms with van der Waals surface area (Å²) >= 11 is 1.78. The number of para-hydroxylation sites is 1. The molecule has 0 unspecified atom stereocenters. The van der Waals surface area contributed by atoms with Crippen LogP contribution in [0, 0.1) is 0 Å². The maximum atomic E-state index is 5.94. The van der Waals surface area contributed by atoms with Gasteiger partial charge in [-0.05, 0) is 38.3 Å². The van der Waals surface area contributed by atoms with Gasteiger partial charge in [-0.3, -0.25) is 0 Å². The van der Waals surface area contributed by atoms with Crippen LogP contribution in [0.4, 0.5) is 0 Å². The lowest BCUT2D eigenvalue weighted by Crippen LogP contribution is -2.35. The number of rotatable bonds is 6. The van der Waals surface area contributed by atoms with Crippen molar-refractivity contribution in [2.45, 2.75) is 39.3 Å². The Balaban J connectivity index is 1.90. The quantitative estimate of drug-likeness (QED) is 0.858. The molecular weight excluding hydrogens is 266 g/mol. The van der Waals surface area contributed by atoms with Crippen molar-refractivity contribution in [3.05, 3.63) is 52.2 Å². The predicted octanol–water partition coefficient (Wildman–Crippen LogP) is 4.26. The van der Waals surface area contributed by atoms with Gasteiger partial charge in [0.05, 0.1) is 6.61 Å². The first-order valence-corrected chi connectivity index (χ1v) is 7.91. The molecule has 0 spiro atoms. The van der Waals surface area contributed by atoms with Gasteiger partial charge in [0, 0.05) is 28.9 Å². The Labute approximate surface area is 125 Å². The van der Waals surface area contributed by atoms with Crippen LogP contribution in [0.25, 0.3) is 0 Å². The molecule has 0 aliphatic carbocycles. The molecule has 1 heterocycles. The summed E-state index contributed by atoms with van der Waals surface area (Å²) in [5.74, 6) is 0.987. The topological polar surface area (TPSA) is 21.3 Å². The van der Waals surface area contributed by atoms with Crippen LogP contribution < -0.4 is 10.1 Å². The fourth-order valence-electron chi connectivity index (χ4n) is 1.87. The minimum absolute atomic E-state index is 0.115. The molecule has 2 rings (SSSR count). The molecule has 0 fully saturated rings. The highest BCUT2D eigenvalue weighted by atomic mass is 32.1.